The summed E-state index contributed by atoms with van der Waals surface area (Å²) in [5, 5.41) is 0. The molecule has 1 radical (unpaired) electrons. The van der Waals surface area contributed by atoms with Gasteiger partial charge in [-0.05, 0) is 0 Å². The van der Waals surface area contributed by atoms with Crippen molar-refractivity contribution in [3.8, 4) is 0 Å². The summed E-state index contributed by atoms with van der Waals surface area (Å²) in [4.78, 5) is 9.62. The predicted molar refractivity (Wildman–Crippen MR) is 24.2 cm³/mol. The second-order valence-electron chi connectivity index (χ2n) is 0.697. The highest BCUT2D eigenvalue weighted by Gasteiger charge is 1.78. The van der Waals surface area contributed by atoms with E-state index in [0.717, 1.165) is 0 Å². The van der Waals surface area contributed by atoms with Crippen LogP contribution in [0.25, 0.3) is 0 Å². The van der Waals surface area contributed by atoms with E-state index < -0.39 is 0 Å². The van der Waals surface area contributed by atoms with Crippen LogP contribution in [-0.4, -0.2) is 11.5 Å². The fourth-order valence-corrected chi connectivity index (χ4v) is 0. The molecule has 0 amide bonds. The molecule has 0 heterocycles. The largest absolute Gasteiger partial charge is 0.299 e. The van der Waals surface area contributed by atoms with Gasteiger partial charge in [-0.3, -0.25) is 4.79 Å². The van der Waals surface area contributed by atoms with Gasteiger partial charge in [0, 0.05) is 12.7 Å². The molecule has 0 aromatic carbocycles. The lowest BCUT2D eigenvalue weighted by Gasteiger charge is -1.70. The van der Waals surface area contributed by atoms with Crippen LogP contribution in [0, 0.1) is 6.92 Å². The van der Waals surface area contributed by atoms with Gasteiger partial charge in [0.25, 0.3) is 0 Å². The fourth-order valence-electron chi connectivity index (χ4n) is 0. The van der Waals surface area contributed by atoms with Crippen LogP contribution in [0.1, 0.15) is 0 Å². The molecule has 0 N–H and O–H groups in total. The van der Waals surface area contributed by atoms with Gasteiger partial charge in [-0.15, -0.1) is 0 Å². The van der Waals surface area contributed by atoms with Gasteiger partial charge in [0.2, 0.25) is 0 Å². The minimum Gasteiger partial charge on any atom is -0.299 e. The second-order valence-corrected chi connectivity index (χ2v) is 1.01. The molecule has 0 aromatic rings. The molecule has 2 heteroatoms. The number of Topliss-reactive ketones (excluding diaryl/α,β-unsaturated/α-hetero) is 1. The van der Waals surface area contributed by atoms with Crippen LogP contribution in [0.5, 0.6) is 0 Å². The summed E-state index contributed by atoms with van der Waals surface area (Å²) in [5.74, 6) is 0.119. The first-order chi connectivity index (χ1) is 2.27. The average molecular weight is 89.1 g/mol. The van der Waals surface area contributed by atoms with Crippen LogP contribution in [-0.2, 0) is 4.79 Å². The van der Waals surface area contributed by atoms with Crippen molar-refractivity contribution in [2.75, 3.05) is 5.75 Å². The van der Waals surface area contributed by atoms with Crippen LogP contribution in [0.4, 0.5) is 0 Å². The minimum atomic E-state index is -0.131. The lowest BCUT2D eigenvalue weighted by molar-refractivity contribution is -0.112. The number of carbonyl (C=O) groups is 1. The molecular formula is C3H5OS. The lowest BCUT2D eigenvalue weighted by atomic mass is 10.5. The molecule has 0 fully saturated rings. The van der Waals surface area contributed by atoms with E-state index in [4.69, 9.17) is 0 Å². The zero-order chi connectivity index (χ0) is 4.28. The molecule has 0 bridgehead atoms. The van der Waals surface area contributed by atoms with Gasteiger partial charge >= 0.3 is 0 Å². The summed E-state index contributed by atoms with van der Waals surface area (Å²) in [6.07, 6.45) is 0. The molecule has 5 heavy (non-hydrogen) atoms. The van der Waals surface area contributed by atoms with Gasteiger partial charge < -0.3 is 0 Å². The average Bonchev–Trinajstić information content (AvgIpc) is 1.38. The summed E-state index contributed by atoms with van der Waals surface area (Å²) in [5.41, 5.74) is 0. The van der Waals surface area contributed by atoms with E-state index in [1.807, 2.05) is 0 Å². The summed E-state index contributed by atoms with van der Waals surface area (Å²) in [6, 6.07) is 0. The molecule has 0 aliphatic rings. The van der Waals surface area contributed by atoms with Crippen LogP contribution in [0.15, 0.2) is 0 Å². The van der Waals surface area contributed by atoms with Crippen molar-refractivity contribution >= 4 is 18.4 Å². The predicted octanol–water partition coefficient (Wildman–Crippen LogP) is 0.319. The van der Waals surface area contributed by atoms with E-state index in [1.165, 1.54) is 0 Å². The van der Waals surface area contributed by atoms with E-state index >= 15 is 0 Å². The minimum absolute atomic E-state index is 0.131. The van der Waals surface area contributed by atoms with Crippen LogP contribution in [0.3, 0.4) is 0 Å². The first kappa shape index (κ1) is 5.02. The molecule has 0 aliphatic heterocycles. The van der Waals surface area contributed by atoms with E-state index in [-0.39, 0.29) is 11.5 Å². The number of carbonyl (C=O) groups excluding carboxylic acids is 1. The number of thiol groups is 1. The Kier molecular flexibility index (Phi) is 2.28. The molecule has 0 saturated heterocycles. The van der Waals surface area contributed by atoms with Crippen LogP contribution >= 0.6 is 12.6 Å². The van der Waals surface area contributed by atoms with Crippen molar-refractivity contribution in [2.24, 2.45) is 0 Å². The molecule has 29 valence electrons. The molecular weight excluding hydrogens is 84.1 g/mol. The lowest BCUT2D eigenvalue weighted by Crippen LogP contribution is -1.87. The number of hydrogen-bond donors (Lipinski definition) is 1. The molecule has 0 aromatic heterocycles. The third-order valence-electron chi connectivity index (χ3n) is 0.176. The standard InChI is InChI=1S/C3H5OS/c1-3(4)2-5/h5H,1-2H2. The maximum absolute atomic E-state index is 9.62. The second kappa shape index (κ2) is 2.27. The molecule has 0 rings (SSSR count). The molecule has 0 atom stereocenters. The number of ketones is 1. The summed E-state index contributed by atoms with van der Waals surface area (Å²) in [7, 11) is 0. The topological polar surface area (TPSA) is 17.1 Å². The smallest absolute Gasteiger partial charge is 0.142 e. The third kappa shape index (κ3) is 4.02. The normalized spacial score (nSPS) is 7.60. The highest BCUT2D eigenvalue weighted by molar-refractivity contribution is 7.81. The van der Waals surface area contributed by atoms with Gasteiger partial charge in [0.05, 0.1) is 0 Å². The Morgan fingerprint density at radius 2 is 2.20 bits per heavy atom. The number of rotatable bonds is 1. The Bertz CT molecular complexity index is 42.2. The van der Waals surface area contributed by atoms with Gasteiger partial charge in [-0.1, -0.05) is 0 Å². The molecule has 0 spiro atoms. The molecule has 0 aliphatic carbocycles. The first-order valence-electron chi connectivity index (χ1n) is 1.23. The fraction of sp³-hybridized carbons (Fsp3) is 0.333. The Hall–Kier alpha value is 0.0200. The van der Waals surface area contributed by atoms with Crippen molar-refractivity contribution in [1.29, 1.82) is 0 Å². The monoisotopic (exact) mass is 89.0 g/mol. The van der Waals surface area contributed by atoms with Crippen LogP contribution in [0.2, 0.25) is 0 Å². The molecule has 1 nitrogen and oxygen atoms in total. The summed E-state index contributed by atoms with van der Waals surface area (Å²) in [6.45, 7) is 3.04. The van der Waals surface area contributed by atoms with Crippen molar-refractivity contribution in [1.82, 2.24) is 0 Å². The van der Waals surface area contributed by atoms with Gasteiger partial charge in [-0.25, -0.2) is 0 Å². The quantitative estimate of drug-likeness (QED) is 0.458. The van der Waals surface area contributed by atoms with Crippen molar-refractivity contribution < 1.29 is 4.79 Å². The zero-order valence-electron chi connectivity index (χ0n) is 2.77. The Morgan fingerprint density at radius 3 is 2.20 bits per heavy atom. The summed E-state index contributed by atoms with van der Waals surface area (Å²) >= 11 is 3.60. The zero-order valence-corrected chi connectivity index (χ0v) is 3.66. The highest BCUT2D eigenvalue weighted by atomic mass is 32.1. The first-order valence-corrected chi connectivity index (χ1v) is 1.86. The summed E-state index contributed by atoms with van der Waals surface area (Å²) < 4.78 is 0. The van der Waals surface area contributed by atoms with E-state index in [0.29, 0.717) is 0 Å². The van der Waals surface area contributed by atoms with E-state index in [1.54, 1.807) is 0 Å². The van der Waals surface area contributed by atoms with Crippen molar-refractivity contribution in [3.05, 3.63) is 6.92 Å². The van der Waals surface area contributed by atoms with Crippen molar-refractivity contribution in [3.63, 3.8) is 0 Å². The molecule has 0 saturated carbocycles. The van der Waals surface area contributed by atoms with Crippen LogP contribution < -0.4 is 0 Å². The van der Waals surface area contributed by atoms with Gasteiger partial charge in [0.1, 0.15) is 5.78 Å². The maximum Gasteiger partial charge on any atom is 0.142 e. The Balaban J connectivity index is 2.85. The number of hydrogen-bond acceptors (Lipinski definition) is 2. The third-order valence-corrected chi connectivity index (χ3v) is 0.529. The molecule has 0 unspecified atom stereocenters. The SMILES string of the molecule is [CH2]C(=O)CS. The Labute approximate surface area is 36.8 Å². The van der Waals surface area contributed by atoms with Gasteiger partial charge in [-0.2, -0.15) is 12.6 Å². The van der Waals surface area contributed by atoms with E-state index in [2.05, 4.69) is 19.6 Å². The maximum atomic E-state index is 9.62. The van der Waals surface area contributed by atoms with E-state index in [9.17, 15) is 4.79 Å². The van der Waals surface area contributed by atoms with Gasteiger partial charge in [0.15, 0.2) is 0 Å². The highest BCUT2D eigenvalue weighted by Crippen LogP contribution is 1.69. The Morgan fingerprint density at radius 1 is 2.00 bits per heavy atom. The van der Waals surface area contributed by atoms with Crippen molar-refractivity contribution in [2.45, 2.75) is 0 Å².